The first-order valence-corrected chi connectivity index (χ1v) is 7.19. The van der Waals surface area contributed by atoms with Crippen LogP contribution in [0, 0.1) is 0 Å². The van der Waals surface area contributed by atoms with Crippen molar-refractivity contribution in [3.8, 4) is 11.1 Å². The quantitative estimate of drug-likeness (QED) is 0.515. The van der Waals surface area contributed by atoms with E-state index in [-0.39, 0.29) is 5.56 Å². The van der Waals surface area contributed by atoms with Crippen LogP contribution in [0.3, 0.4) is 0 Å². The van der Waals surface area contributed by atoms with Crippen molar-refractivity contribution in [2.75, 3.05) is 5.73 Å². The van der Waals surface area contributed by atoms with E-state index < -0.39 is 11.6 Å². The molecule has 0 heterocycles. The van der Waals surface area contributed by atoms with Crippen LogP contribution in [0.5, 0.6) is 0 Å². The van der Waals surface area contributed by atoms with E-state index in [1.807, 2.05) is 18.2 Å². The van der Waals surface area contributed by atoms with Gasteiger partial charge in [-0.05, 0) is 56.2 Å². The molecule has 0 unspecified atom stereocenters. The maximum absolute atomic E-state index is 12.0. The number of carbonyl (C=O) groups excluding carboxylic acids is 1. The molecular formula is C17H18ClNO3. The second kappa shape index (κ2) is 6.38. The summed E-state index contributed by atoms with van der Waals surface area (Å²) in [5.74, 6) is -0.620. The first kappa shape index (κ1) is 16.3. The lowest BCUT2D eigenvalue weighted by atomic mass is 10.0. The van der Waals surface area contributed by atoms with Gasteiger partial charge in [-0.25, -0.2) is 4.79 Å². The average Bonchev–Trinajstić information content (AvgIpc) is 2.44. The molecule has 0 aromatic heterocycles. The van der Waals surface area contributed by atoms with Crippen LogP contribution in [-0.2, 0) is 9.78 Å². The van der Waals surface area contributed by atoms with E-state index in [0.717, 1.165) is 11.1 Å². The van der Waals surface area contributed by atoms with Gasteiger partial charge in [-0.1, -0.05) is 29.8 Å². The molecule has 0 saturated heterocycles. The van der Waals surface area contributed by atoms with Crippen LogP contribution in [0.15, 0.2) is 42.5 Å². The number of nitrogens with two attached hydrogens (primary N) is 1. The molecule has 2 aromatic rings. The average molecular weight is 320 g/mol. The molecule has 22 heavy (non-hydrogen) atoms. The lowest BCUT2D eigenvalue weighted by Gasteiger charge is -2.17. The predicted octanol–water partition coefficient (Wildman–Crippen LogP) is 4.48. The summed E-state index contributed by atoms with van der Waals surface area (Å²) in [6, 6.07) is 12.5. The number of anilines is 1. The zero-order valence-electron chi connectivity index (χ0n) is 12.7. The Bertz CT molecular complexity index is 693. The number of carbonyl (C=O) groups is 1. The molecule has 2 rings (SSSR count). The molecule has 0 aliphatic carbocycles. The van der Waals surface area contributed by atoms with E-state index in [1.54, 1.807) is 45.0 Å². The van der Waals surface area contributed by atoms with Crippen molar-refractivity contribution in [3.05, 3.63) is 53.1 Å². The second-order valence-corrected chi connectivity index (χ2v) is 6.32. The molecule has 0 spiro atoms. The van der Waals surface area contributed by atoms with Gasteiger partial charge in [0.15, 0.2) is 0 Å². The SMILES string of the molecule is CC(C)(C)OOC(=O)c1ccc(-c2cccc(Cl)c2)cc1N. The highest BCUT2D eigenvalue weighted by molar-refractivity contribution is 6.30. The molecule has 0 aliphatic heterocycles. The number of halogens is 1. The van der Waals surface area contributed by atoms with Gasteiger partial charge in [0.25, 0.3) is 0 Å². The van der Waals surface area contributed by atoms with E-state index in [1.165, 1.54) is 0 Å². The Morgan fingerprint density at radius 1 is 1.09 bits per heavy atom. The fourth-order valence-corrected chi connectivity index (χ4v) is 1.99. The number of benzene rings is 2. The van der Waals surface area contributed by atoms with E-state index in [4.69, 9.17) is 27.1 Å². The number of hydrogen-bond donors (Lipinski definition) is 1. The smallest absolute Gasteiger partial charge is 0.375 e. The highest BCUT2D eigenvalue weighted by Gasteiger charge is 2.18. The fraction of sp³-hybridized carbons (Fsp3) is 0.235. The summed E-state index contributed by atoms with van der Waals surface area (Å²) in [5, 5.41) is 0.637. The van der Waals surface area contributed by atoms with Crippen molar-refractivity contribution in [3.63, 3.8) is 0 Å². The third-order valence-corrected chi connectivity index (χ3v) is 3.03. The van der Waals surface area contributed by atoms with Crippen LogP contribution in [0.25, 0.3) is 11.1 Å². The summed E-state index contributed by atoms with van der Waals surface area (Å²) in [7, 11) is 0. The summed E-state index contributed by atoms with van der Waals surface area (Å²) < 4.78 is 0. The molecule has 0 fully saturated rings. The third-order valence-electron chi connectivity index (χ3n) is 2.80. The summed E-state index contributed by atoms with van der Waals surface area (Å²) in [6.45, 7) is 5.35. The summed E-state index contributed by atoms with van der Waals surface area (Å²) in [5.41, 5.74) is 7.74. The number of hydrogen-bond acceptors (Lipinski definition) is 4. The molecule has 0 bridgehead atoms. The zero-order chi connectivity index (χ0) is 16.3. The Kier molecular flexibility index (Phi) is 4.74. The minimum atomic E-state index is -0.620. The van der Waals surface area contributed by atoms with Gasteiger partial charge < -0.3 is 5.73 Å². The van der Waals surface area contributed by atoms with E-state index in [0.29, 0.717) is 10.7 Å². The van der Waals surface area contributed by atoms with Gasteiger partial charge in [0, 0.05) is 10.7 Å². The normalized spacial score (nSPS) is 11.3. The van der Waals surface area contributed by atoms with Crippen LogP contribution >= 0.6 is 11.6 Å². The van der Waals surface area contributed by atoms with E-state index >= 15 is 0 Å². The summed E-state index contributed by atoms with van der Waals surface area (Å²) >= 11 is 5.98. The van der Waals surface area contributed by atoms with Crippen LogP contribution < -0.4 is 5.73 Å². The fourth-order valence-electron chi connectivity index (χ4n) is 1.80. The molecule has 5 heteroatoms. The first-order valence-electron chi connectivity index (χ1n) is 6.82. The minimum absolute atomic E-state index is 0.259. The highest BCUT2D eigenvalue weighted by atomic mass is 35.5. The van der Waals surface area contributed by atoms with Crippen molar-refractivity contribution in [2.45, 2.75) is 26.4 Å². The molecular weight excluding hydrogens is 302 g/mol. The monoisotopic (exact) mass is 319 g/mol. The Hall–Kier alpha value is -2.04. The standard InChI is InChI=1S/C17H18ClNO3/c1-17(2,3)22-21-16(20)14-8-7-12(10-15(14)19)11-5-4-6-13(18)9-11/h4-10H,19H2,1-3H3. The van der Waals surface area contributed by atoms with Crippen LogP contribution in [0.2, 0.25) is 5.02 Å². The van der Waals surface area contributed by atoms with Crippen molar-refractivity contribution >= 4 is 23.3 Å². The molecule has 0 amide bonds. The van der Waals surface area contributed by atoms with Gasteiger partial charge >= 0.3 is 5.97 Å². The molecule has 0 aliphatic rings. The number of rotatable bonds is 3. The second-order valence-electron chi connectivity index (χ2n) is 5.88. The molecule has 116 valence electrons. The van der Waals surface area contributed by atoms with Crippen LogP contribution in [0.1, 0.15) is 31.1 Å². The highest BCUT2D eigenvalue weighted by Crippen LogP contribution is 2.26. The van der Waals surface area contributed by atoms with Crippen molar-refractivity contribution < 1.29 is 14.6 Å². The lowest BCUT2D eigenvalue weighted by Crippen LogP contribution is -2.22. The van der Waals surface area contributed by atoms with Crippen molar-refractivity contribution in [1.29, 1.82) is 0 Å². The van der Waals surface area contributed by atoms with Gasteiger partial charge in [0.05, 0.1) is 5.56 Å². The van der Waals surface area contributed by atoms with E-state index in [2.05, 4.69) is 0 Å². The van der Waals surface area contributed by atoms with Crippen molar-refractivity contribution in [2.24, 2.45) is 0 Å². The maximum Gasteiger partial charge on any atom is 0.375 e. The Morgan fingerprint density at radius 2 is 1.77 bits per heavy atom. The maximum atomic E-state index is 12.0. The molecule has 2 aromatic carbocycles. The molecule has 0 radical (unpaired) electrons. The molecule has 2 N–H and O–H groups in total. The Labute approximate surface area is 134 Å². The zero-order valence-corrected chi connectivity index (χ0v) is 13.5. The van der Waals surface area contributed by atoms with Crippen LogP contribution in [-0.4, -0.2) is 11.6 Å². The van der Waals surface area contributed by atoms with Gasteiger partial charge in [-0.15, -0.1) is 0 Å². The van der Waals surface area contributed by atoms with Gasteiger partial charge in [-0.3, -0.25) is 4.89 Å². The third kappa shape index (κ3) is 4.23. The molecule has 0 saturated carbocycles. The molecule has 4 nitrogen and oxygen atoms in total. The van der Waals surface area contributed by atoms with Gasteiger partial charge in [0.2, 0.25) is 0 Å². The summed E-state index contributed by atoms with van der Waals surface area (Å²) in [4.78, 5) is 21.8. The Morgan fingerprint density at radius 3 is 2.36 bits per heavy atom. The largest absolute Gasteiger partial charge is 0.398 e. The first-order chi connectivity index (χ1) is 10.3. The topological polar surface area (TPSA) is 61.5 Å². The van der Waals surface area contributed by atoms with E-state index in [9.17, 15) is 4.79 Å². The van der Waals surface area contributed by atoms with Gasteiger partial charge in [-0.2, -0.15) is 4.89 Å². The number of nitrogen functional groups attached to an aromatic ring is 1. The van der Waals surface area contributed by atoms with Gasteiger partial charge in [0.1, 0.15) is 5.60 Å². The van der Waals surface area contributed by atoms with Crippen LogP contribution in [0.4, 0.5) is 5.69 Å². The van der Waals surface area contributed by atoms with Crippen molar-refractivity contribution in [1.82, 2.24) is 0 Å². The summed E-state index contributed by atoms with van der Waals surface area (Å²) in [6.07, 6.45) is 0. The predicted molar refractivity (Wildman–Crippen MR) is 87.6 cm³/mol. The Balaban J connectivity index is 2.21. The molecule has 0 atom stereocenters. The minimum Gasteiger partial charge on any atom is -0.398 e. The lowest BCUT2D eigenvalue weighted by molar-refractivity contribution is -0.301.